The standard InChI is InChI=1S/C8H12N2O2/c1-10-7(11)5-3-2-4-6(9-5)8(10)12/h5-6,9H,2-4H2,1H3. The fourth-order valence-electron chi connectivity index (χ4n) is 1.90. The van der Waals surface area contributed by atoms with Crippen molar-refractivity contribution in [3.05, 3.63) is 0 Å². The predicted octanol–water partition coefficient (Wildman–Crippen LogP) is -0.504. The van der Waals surface area contributed by atoms with Gasteiger partial charge in [0, 0.05) is 7.05 Å². The molecule has 0 aromatic carbocycles. The third-order valence-corrected chi connectivity index (χ3v) is 2.65. The lowest BCUT2D eigenvalue weighted by Crippen LogP contribution is -2.63. The quantitative estimate of drug-likeness (QED) is 0.496. The zero-order valence-electron chi connectivity index (χ0n) is 7.04. The Morgan fingerprint density at radius 2 is 1.75 bits per heavy atom. The van der Waals surface area contributed by atoms with Gasteiger partial charge in [-0.3, -0.25) is 19.8 Å². The zero-order valence-corrected chi connectivity index (χ0v) is 7.04. The van der Waals surface area contributed by atoms with Gasteiger partial charge in [0.15, 0.2) is 0 Å². The molecule has 4 nitrogen and oxygen atoms in total. The average molecular weight is 168 g/mol. The van der Waals surface area contributed by atoms with E-state index in [1.54, 1.807) is 7.05 Å². The Labute approximate surface area is 70.9 Å². The van der Waals surface area contributed by atoms with Gasteiger partial charge in [0.05, 0.1) is 12.1 Å². The maximum Gasteiger partial charge on any atom is 0.246 e. The molecule has 2 rings (SSSR count). The maximum atomic E-state index is 11.4. The average Bonchev–Trinajstić information content (AvgIpc) is 2.13. The molecule has 4 heteroatoms. The van der Waals surface area contributed by atoms with Crippen molar-refractivity contribution >= 4 is 11.8 Å². The minimum Gasteiger partial charge on any atom is -0.295 e. The van der Waals surface area contributed by atoms with Crippen molar-refractivity contribution in [1.29, 1.82) is 0 Å². The molecular weight excluding hydrogens is 156 g/mol. The Bertz CT molecular complexity index is 217. The molecule has 2 unspecified atom stereocenters. The van der Waals surface area contributed by atoms with Crippen LogP contribution in [0.1, 0.15) is 19.3 Å². The van der Waals surface area contributed by atoms with Gasteiger partial charge in [-0.15, -0.1) is 0 Å². The van der Waals surface area contributed by atoms with Gasteiger partial charge < -0.3 is 0 Å². The van der Waals surface area contributed by atoms with E-state index in [2.05, 4.69) is 5.32 Å². The van der Waals surface area contributed by atoms with Gasteiger partial charge in [-0.2, -0.15) is 0 Å². The Kier molecular flexibility index (Phi) is 1.65. The minimum absolute atomic E-state index is 0.0732. The minimum atomic E-state index is -0.105. The largest absolute Gasteiger partial charge is 0.295 e. The third kappa shape index (κ3) is 0.948. The predicted molar refractivity (Wildman–Crippen MR) is 42.3 cm³/mol. The molecule has 2 saturated heterocycles. The van der Waals surface area contributed by atoms with Crippen molar-refractivity contribution in [3.63, 3.8) is 0 Å². The zero-order chi connectivity index (χ0) is 8.72. The molecule has 0 radical (unpaired) electrons. The molecule has 2 atom stereocenters. The fourth-order valence-corrected chi connectivity index (χ4v) is 1.90. The van der Waals surface area contributed by atoms with E-state index < -0.39 is 0 Å². The highest BCUT2D eigenvalue weighted by Crippen LogP contribution is 2.20. The normalized spacial score (nSPS) is 35.6. The molecule has 2 heterocycles. The molecule has 1 N–H and O–H groups in total. The molecule has 2 bridgehead atoms. The summed E-state index contributed by atoms with van der Waals surface area (Å²) in [6, 6.07) is -0.210. The van der Waals surface area contributed by atoms with Gasteiger partial charge >= 0.3 is 0 Å². The number of likely N-dealkylation sites (N-methyl/N-ethyl adjacent to an activating group) is 1. The summed E-state index contributed by atoms with van der Waals surface area (Å²) in [5.74, 6) is -0.146. The summed E-state index contributed by atoms with van der Waals surface area (Å²) in [6.45, 7) is 0. The van der Waals surface area contributed by atoms with Crippen LogP contribution in [0.5, 0.6) is 0 Å². The summed E-state index contributed by atoms with van der Waals surface area (Å²) in [7, 11) is 1.57. The molecule has 2 aliphatic heterocycles. The number of amides is 2. The SMILES string of the molecule is CN1C(=O)C2CCCC(N2)C1=O. The smallest absolute Gasteiger partial charge is 0.246 e. The van der Waals surface area contributed by atoms with Gasteiger partial charge in [-0.05, 0) is 19.3 Å². The van der Waals surface area contributed by atoms with Crippen LogP contribution in [0, 0.1) is 0 Å². The summed E-state index contributed by atoms with van der Waals surface area (Å²) in [6.07, 6.45) is 2.72. The first kappa shape index (κ1) is 7.73. The Balaban J connectivity index is 2.24. The summed E-state index contributed by atoms with van der Waals surface area (Å²) in [4.78, 5) is 24.0. The molecule has 12 heavy (non-hydrogen) atoms. The van der Waals surface area contributed by atoms with Crippen molar-refractivity contribution < 1.29 is 9.59 Å². The Hall–Kier alpha value is -0.900. The summed E-state index contributed by atoms with van der Waals surface area (Å²) >= 11 is 0. The Morgan fingerprint density at radius 1 is 1.25 bits per heavy atom. The molecule has 66 valence electrons. The topological polar surface area (TPSA) is 49.4 Å². The lowest BCUT2D eigenvalue weighted by molar-refractivity contribution is -0.151. The summed E-state index contributed by atoms with van der Waals surface area (Å²) in [5.41, 5.74) is 0. The van der Waals surface area contributed by atoms with Gasteiger partial charge in [-0.25, -0.2) is 0 Å². The monoisotopic (exact) mass is 168 g/mol. The van der Waals surface area contributed by atoms with Crippen LogP contribution in [-0.2, 0) is 9.59 Å². The number of hydrogen-bond donors (Lipinski definition) is 1. The van der Waals surface area contributed by atoms with Crippen molar-refractivity contribution in [1.82, 2.24) is 10.2 Å². The van der Waals surface area contributed by atoms with E-state index in [1.165, 1.54) is 4.90 Å². The number of hydrogen-bond acceptors (Lipinski definition) is 3. The number of likely N-dealkylation sites (tertiary alicyclic amines) is 1. The van der Waals surface area contributed by atoms with E-state index in [1.807, 2.05) is 0 Å². The lowest BCUT2D eigenvalue weighted by atomic mass is 9.93. The van der Waals surface area contributed by atoms with Crippen LogP contribution in [0.3, 0.4) is 0 Å². The molecule has 2 fully saturated rings. The molecular formula is C8H12N2O2. The summed E-state index contributed by atoms with van der Waals surface area (Å²) in [5, 5.41) is 3.04. The number of piperidine rings is 1. The second-order valence-corrected chi connectivity index (χ2v) is 3.44. The van der Waals surface area contributed by atoms with Crippen molar-refractivity contribution in [2.24, 2.45) is 0 Å². The van der Waals surface area contributed by atoms with E-state index >= 15 is 0 Å². The first-order chi connectivity index (χ1) is 5.70. The van der Waals surface area contributed by atoms with E-state index in [9.17, 15) is 9.59 Å². The molecule has 0 spiro atoms. The number of imide groups is 1. The van der Waals surface area contributed by atoms with Crippen molar-refractivity contribution in [2.45, 2.75) is 31.3 Å². The van der Waals surface area contributed by atoms with Crippen LogP contribution in [0.15, 0.2) is 0 Å². The number of nitrogens with one attached hydrogen (secondary N) is 1. The molecule has 0 aromatic heterocycles. The molecule has 2 aliphatic rings. The van der Waals surface area contributed by atoms with Gasteiger partial charge in [-0.1, -0.05) is 0 Å². The second kappa shape index (κ2) is 2.55. The van der Waals surface area contributed by atoms with Crippen LogP contribution in [0.4, 0.5) is 0 Å². The van der Waals surface area contributed by atoms with Crippen LogP contribution in [0.25, 0.3) is 0 Å². The van der Waals surface area contributed by atoms with Crippen LogP contribution < -0.4 is 5.32 Å². The van der Waals surface area contributed by atoms with Gasteiger partial charge in [0.2, 0.25) is 11.8 Å². The number of piperazine rings is 1. The van der Waals surface area contributed by atoms with Crippen LogP contribution >= 0.6 is 0 Å². The number of carbonyl (C=O) groups is 2. The first-order valence-corrected chi connectivity index (χ1v) is 4.27. The molecule has 0 aromatic rings. The highest BCUT2D eigenvalue weighted by Gasteiger charge is 2.40. The van der Waals surface area contributed by atoms with E-state index in [-0.39, 0.29) is 23.9 Å². The van der Waals surface area contributed by atoms with Gasteiger partial charge in [0.25, 0.3) is 0 Å². The first-order valence-electron chi connectivity index (χ1n) is 4.27. The highest BCUT2D eigenvalue weighted by molar-refractivity contribution is 6.02. The fraction of sp³-hybridized carbons (Fsp3) is 0.750. The van der Waals surface area contributed by atoms with Crippen LogP contribution in [-0.4, -0.2) is 35.8 Å². The van der Waals surface area contributed by atoms with Crippen molar-refractivity contribution in [3.8, 4) is 0 Å². The number of fused-ring (bicyclic) bond motifs is 2. The van der Waals surface area contributed by atoms with E-state index in [4.69, 9.17) is 0 Å². The number of nitrogens with zero attached hydrogens (tertiary/aromatic N) is 1. The van der Waals surface area contributed by atoms with E-state index in [0.29, 0.717) is 0 Å². The van der Waals surface area contributed by atoms with Gasteiger partial charge in [0.1, 0.15) is 0 Å². The highest BCUT2D eigenvalue weighted by atomic mass is 16.2. The number of rotatable bonds is 0. The molecule has 0 saturated carbocycles. The van der Waals surface area contributed by atoms with E-state index in [0.717, 1.165) is 19.3 Å². The number of carbonyl (C=O) groups excluding carboxylic acids is 2. The molecule has 2 amide bonds. The second-order valence-electron chi connectivity index (χ2n) is 3.44. The molecule has 0 aliphatic carbocycles. The lowest BCUT2D eigenvalue weighted by Gasteiger charge is -2.38. The Morgan fingerprint density at radius 3 is 2.25 bits per heavy atom. The summed E-state index contributed by atoms with van der Waals surface area (Å²) < 4.78 is 0. The third-order valence-electron chi connectivity index (χ3n) is 2.65. The van der Waals surface area contributed by atoms with Crippen LogP contribution in [0.2, 0.25) is 0 Å². The maximum absolute atomic E-state index is 11.4. The van der Waals surface area contributed by atoms with Crippen molar-refractivity contribution in [2.75, 3.05) is 7.05 Å².